The highest BCUT2D eigenvalue weighted by atomic mass is 127. The number of guanidine groups is 1. The number of nitrogens with zero attached hydrogens (tertiary/aromatic N) is 2. The van der Waals surface area contributed by atoms with Crippen molar-refractivity contribution in [3.8, 4) is 27.8 Å². The number of nitrogens with one attached hydrogen (secondary N) is 2. The zero-order valence-corrected chi connectivity index (χ0v) is 21.1. The summed E-state index contributed by atoms with van der Waals surface area (Å²) in [4.78, 5) is 8.99. The fourth-order valence-electron chi connectivity index (χ4n) is 2.77. The summed E-state index contributed by atoms with van der Waals surface area (Å²) in [5, 5.41) is 9.56. The van der Waals surface area contributed by atoms with Crippen LogP contribution >= 0.6 is 35.3 Å². The minimum atomic E-state index is 0. The zero-order valence-electron chi connectivity index (χ0n) is 18.0. The largest absolute Gasteiger partial charge is 0.497 e. The van der Waals surface area contributed by atoms with Crippen molar-refractivity contribution in [3.05, 3.63) is 53.5 Å². The van der Waals surface area contributed by atoms with E-state index in [4.69, 9.17) is 19.2 Å². The lowest BCUT2D eigenvalue weighted by Crippen LogP contribution is -2.30. The molecule has 0 amide bonds. The molecule has 9 heteroatoms. The van der Waals surface area contributed by atoms with E-state index in [1.807, 2.05) is 54.8 Å². The van der Waals surface area contributed by atoms with Gasteiger partial charge >= 0.3 is 0 Å². The lowest BCUT2D eigenvalue weighted by atomic mass is 10.2. The van der Waals surface area contributed by atoms with Crippen LogP contribution in [-0.4, -0.2) is 38.8 Å². The minimum absolute atomic E-state index is 0. The number of thiazole rings is 1. The van der Waals surface area contributed by atoms with Crippen molar-refractivity contribution >= 4 is 47.0 Å². The van der Waals surface area contributed by atoms with E-state index in [1.165, 1.54) is 0 Å². The van der Waals surface area contributed by atoms with Crippen LogP contribution in [-0.2, 0) is 6.54 Å². The Hall–Kier alpha value is -2.53. The molecule has 3 aromatic rings. The normalized spacial score (nSPS) is 10.8. The summed E-state index contributed by atoms with van der Waals surface area (Å²) in [5.74, 6) is 2.85. The van der Waals surface area contributed by atoms with E-state index in [0.29, 0.717) is 30.6 Å². The average Bonchev–Trinajstić information content (AvgIpc) is 3.26. The van der Waals surface area contributed by atoms with Crippen LogP contribution in [0.15, 0.2) is 52.8 Å². The molecule has 0 saturated carbocycles. The Morgan fingerprint density at radius 2 is 1.84 bits per heavy atom. The Labute approximate surface area is 203 Å². The molecule has 0 aliphatic heterocycles. The number of benzene rings is 2. The van der Waals surface area contributed by atoms with Crippen LogP contribution in [0.4, 0.5) is 5.69 Å². The van der Waals surface area contributed by atoms with Crippen LogP contribution in [0.3, 0.4) is 0 Å². The summed E-state index contributed by atoms with van der Waals surface area (Å²) in [6.45, 7) is 3.06. The van der Waals surface area contributed by atoms with Gasteiger partial charge in [0, 0.05) is 29.7 Å². The summed E-state index contributed by atoms with van der Waals surface area (Å²) in [6, 6.07) is 13.6. The third-order valence-electron chi connectivity index (χ3n) is 4.28. The molecule has 0 bridgehead atoms. The minimum Gasteiger partial charge on any atom is -0.497 e. The Balaban J connectivity index is 0.00000341. The Kier molecular flexibility index (Phi) is 9.86. The predicted octanol–water partition coefficient (Wildman–Crippen LogP) is 5.03. The molecule has 7 nitrogen and oxygen atoms in total. The van der Waals surface area contributed by atoms with E-state index in [-0.39, 0.29) is 24.0 Å². The third kappa shape index (κ3) is 6.73. The zero-order chi connectivity index (χ0) is 21.3. The molecule has 0 atom stereocenters. The van der Waals surface area contributed by atoms with Gasteiger partial charge < -0.3 is 24.8 Å². The van der Waals surface area contributed by atoms with Gasteiger partial charge in [0.2, 0.25) is 0 Å². The molecule has 0 aliphatic carbocycles. The Bertz CT molecular complexity index is 993. The van der Waals surface area contributed by atoms with Crippen LogP contribution in [0.2, 0.25) is 0 Å². The van der Waals surface area contributed by atoms with Crippen molar-refractivity contribution in [2.75, 3.05) is 33.2 Å². The van der Waals surface area contributed by atoms with Crippen molar-refractivity contribution in [1.82, 2.24) is 10.3 Å². The molecule has 1 heterocycles. The molecule has 166 valence electrons. The summed E-state index contributed by atoms with van der Waals surface area (Å²) >= 11 is 1.61. The molecule has 3 rings (SSSR count). The van der Waals surface area contributed by atoms with Gasteiger partial charge in [-0.2, -0.15) is 0 Å². The molecule has 0 fully saturated rings. The highest BCUT2D eigenvalue weighted by Gasteiger charge is 2.09. The second-order valence-electron chi connectivity index (χ2n) is 6.22. The number of rotatable bonds is 8. The van der Waals surface area contributed by atoms with Crippen molar-refractivity contribution in [2.24, 2.45) is 4.99 Å². The van der Waals surface area contributed by atoms with Gasteiger partial charge in [-0.3, -0.25) is 4.99 Å². The lowest BCUT2D eigenvalue weighted by Gasteiger charge is -2.14. The monoisotopic (exact) mass is 554 g/mol. The molecule has 2 aromatic carbocycles. The first-order chi connectivity index (χ1) is 14.7. The fourth-order valence-corrected chi connectivity index (χ4v) is 3.59. The van der Waals surface area contributed by atoms with Gasteiger partial charge in [-0.15, -0.1) is 35.3 Å². The molecular weight excluding hydrogens is 527 g/mol. The SMILES string of the molecule is CCOc1cc(NC(=NC)NCc2csc(-c3ccc(OC)cc3)n2)ccc1OC.I. The van der Waals surface area contributed by atoms with Crippen LogP contribution in [0.25, 0.3) is 10.6 Å². The molecule has 1 aromatic heterocycles. The summed E-state index contributed by atoms with van der Waals surface area (Å²) < 4.78 is 16.2. The highest BCUT2D eigenvalue weighted by Crippen LogP contribution is 2.30. The van der Waals surface area contributed by atoms with Gasteiger partial charge in [0.15, 0.2) is 17.5 Å². The Morgan fingerprint density at radius 3 is 2.48 bits per heavy atom. The second-order valence-corrected chi connectivity index (χ2v) is 7.08. The van der Waals surface area contributed by atoms with Crippen LogP contribution in [0.1, 0.15) is 12.6 Å². The standard InChI is InChI=1S/C22H26N4O3S.HI/c1-5-29-20-12-16(8-11-19(20)28-4)26-22(23-2)24-13-17-14-30-21(25-17)15-6-9-18(27-3)10-7-15;/h6-12,14H,5,13H2,1-4H3,(H2,23,24,26);1H. The highest BCUT2D eigenvalue weighted by molar-refractivity contribution is 14.0. The summed E-state index contributed by atoms with van der Waals surface area (Å²) in [7, 11) is 5.01. The van der Waals surface area contributed by atoms with E-state index in [0.717, 1.165) is 27.7 Å². The predicted molar refractivity (Wildman–Crippen MR) is 138 cm³/mol. The van der Waals surface area contributed by atoms with Crippen LogP contribution in [0.5, 0.6) is 17.2 Å². The number of methoxy groups -OCH3 is 2. The maximum absolute atomic E-state index is 5.63. The first-order valence-electron chi connectivity index (χ1n) is 9.54. The van der Waals surface area contributed by atoms with E-state index in [9.17, 15) is 0 Å². The third-order valence-corrected chi connectivity index (χ3v) is 5.22. The summed E-state index contributed by atoms with van der Waals surface area (Å²) in [5.41, 5.74) is 2.86. The van der Waals surface area contributed by atoms with Crippen molar-refractivity contribution < 1.29 is 14.2 Å². The van der Waals surface area contributed by atoms with Gasteiger partial charge in [0.25, 0.3) is 0 Å². The quantitative estimate of drug-likeness (QED) is 0.231. The number of anilines is 1. The van der Waals surface area contributed by atoms with E-state index < -0.39 is 0 Å². The van der Waals surface area contributed by atoms with Gasteiger partial charge in [-0.05, 0) is 43.3 Å². The topological polar surface area (TPSA) is 77.0 Å². The van der Waals surface area contributed by atoms with Crippen molar-refractivity contribution in [1.29, 1.82) is 0 Å². The van der Waals surface area contributed by atoms with Crippen LogP contribution < -0.4 is 24.8 Å². The second kappa shape index (κ2) is 12.4. The van der Waals surface area contributed by atoms with Gasteiger partial charge in [0.1, 0.15) is 10.8 Å². The van der Waals surface area contributed by atoms with E-state index in [1.54, 1.807) is 32.6 Å². The number of hydrogen-bond acceptors (Lipinski definition) is 6. The first kappa shape index (κ1) is 24.7. The lowest BCUT2D eigenvalue weighted by molar-refractivity contribution is 0.311. The molecule has 2 N–H and O–H groups in total. The van der Waals surface area contributed by atoms with E-state index >= 15 is 0 Å². The van der Waals surface area contributed by atoms with Crippen molar-refractivity contribution in [2.45, 2.75) is 13.5 Å². The molecule has 0 spiro atoms. The molecule has 0 saturated heterocycles. The number of aromatic nitrogens is 1. The van der Waals surface area contributed by atoms with Gasteiger partial charge in [0.05, 0.1) is 33.1 Å². The maximum Gasteiger partial charge on any atom is 0.195 e. The number of halogens is 1. The Morgan fingerprint density at radius 1 is 1.06 bits per heavy atom. The molecule has 0 aliphatic rings. The average molecular weight is 554 g/mol. The van der Waals surface area contributed by atoms with E-state index in [2.05, 4.69) is 15.6 Å². The van der Waals surface area contributed by atoms with Crippen molar-refractivity contribution in [3.63, 3.8) is 0 Å². The first-order valence-corrected chi connectivity index (χ1v) is 10.4. The number of hydrogen-bond donors (Lipinski definition) is 2. The fraction of sp³-hybridized carbons (Fsp3) is 0.273. The van der Waals surface area contributed by atoms with Gasteiger partial charge in [-0.25, -0.2) is 4.98 Å². The summed E-state index contributed by atoms with van der Waals surface area (Å²) in [6.07, 6.45) is 0. The van der Waals surface area contributed by atoms with Gasteiger partial charge in [-0.1, -0.05) is 0 Å². The molecular formula is C22H27IN4O3S. The number of aliphatic imine (C=N–C) groups is 1. The molecule has 0 unspecified atom stereocenters. The van der Waals surface area contributed by atoms with Crippen LogP contribution in [0, 0.1) is 0 Å². The number of ether oxygens (including phenoxy) is 3. The molecule has 0 radical (unpaired) electrons. The smallest absolute Gasteiger partial charge is 0.195 e. The molecule has 31 heavy (non-hydrogen) atoms. The maximum atomic E-state index is 5.63.